The lowest BCUT2D eigenvalue weighted by atomic mass is 10.1. The zero-order chi connectivity index (χ0) is 72.7. The number of aromatic nitrogens is 15. The van der Waals surface area contributed by atoms with Crippen LogP contribution in [0.25, 0.3) is 103 Å². The van der Waals surface area contributed by atoms with Crippen LogP contribution in [0.15, 0.2) is 156 Å². The molecule has 0 aliphatic rings. The Bertz CT molecular complexity index is 5090. The van der Waals surface area contributed by atoms with E-state index < -0.39 is 0 Å². The van der Waals surface area contributed by atoms with Crippen molar-refractivity contribution in [2.24, 2.45) is 5.92 Å². The number of hydrogen-bond donors (Lipinski definition) is 3. The number of nitrogens with one attached hydrogen (secondary N) is 3. The van der Waals surface area contributed by atoms with Crippen molar-refractivity contribution in [3.63, 3.8) is 0 Å². The Morgan fingerprint density at radius 1 is 0.490 bits per heavy atom. The molecule has 534 valence electrons. The minimum Gasteiger partial charge on any atom is -0.496 e. The van der Waals surface area contributed by atoms with Crippen molar-refractivity contribution in [2.45, 2.75) is 101 Å². The first-order valence-electron chi connectivity index (χ1n) is 33.4. The third kappa shape index (κ3) is 17.6. The predicted molar refractivity (Wildman–Crippen MR) is 396 cm³/mol. The van der Waals surface area contributed by atoms with Crippen LogP contribution in [0.2, 0.25) is 0 Å². The lowest BCUT2D eigenvalue weighted by Gasteiger charge is -2.14. The van der Waals surface area contributed by atoms with Gasteiger partial charge in [0.25, 0.3) is 46.1 Å². The summed E-state index contributed by atoms with van der Waals surface area (Å²) >= 11 is 0. The van der Waals surface area contributed by atoms with Gasteiger partial charge in [-0.05, 0) is 153 Å². The Morgan fingerprint density at radius 3 is 1.27 bits per heavy atom. The van der Waals surface area contributed by atoms with Gasteiger partial charge in [-0.1, -0.05) is 45.0 Å². The fraction of sp³-hybridized carbons (Fsp3) is 0.320. The van der Waals surface area contributed by atoms with Gasteiger partial charge in [-0.15, -0.1) is 30.6 Å². The molecule has 27 nitrogen and oxygen atoms in total. The number of nitrogens with zero attached hydrogens (tertiary/aromatic N) is 16. The van der Waals surface area contributed by atoms with Crippen molar-refractivity contribution in [3.05, 3.63) is 199 Å². The molecule has 12 aromatic rings. The quantitative estimate of drug-likeness (QED) is 0.0506. The number of likely N-dealkylation sites (N-methyl/N-ethyl adjacent to an activating group) is 1. The molecule has 0 fully saturated rings. The number of benzene rings is 3. The Balaban J connectivity index is 0.000000217. The second kappa shape index (κ2) is 33.6. The van der Waals surface area contributed by atoms with Crippen LogP contribution in [0.5, 0.6) is 11.5 Å². The second-order valence-corrected chi connectivity index (χ2v) is 25.1. The van der Waals surface area contributed by atoms with Gasteiger partial charge in [-0.25, -0.2) is 15.0 Å². The van der Waals surface area contributed by atoms with Gasteiger partial charge in [0.2, 0.25) is 5.89 Å². The van der Waals surface area contributed by atoms with Crippen LogP contribution in [0.3, 0.4) is 0 Å². The third-order valence-electron chi connectivity index (χ3n) is 16.6. The SMILES string of the molecule is CCC(C)n1cc(-c2cnc(C)c(-c3nnc(-c4ccc(CNC)cc4OC)o3)n2)ccc1=O.CNCc1ccc(-c2nnc(-c3nc(-c4ccc(=O)n(CC(C)C)c4)cnc3C)o2)c(OC)c1.CNCc1ccc(-c2nnc(-c3nc(-c4ccc(=O)n(CCN(C)C)c4)cnc3C)o2)c(C)c1.[HH].[HH].[HH]. The molecule has 0 aliphatic heterocycles. The van der Waals surface area contributed by atoms with E-state index in [0.29, 0.717) is 116 Å². The Morgan fingerprint density at radius 2 is 0.873 bits per heavy atom. The zero-order valence-electron chi connectivity index (χ0n) is 60.2. The molecule has 0 bridgehead atoms. The van der Waals surface area contributed by atoms with Gasteiger partial charge in [-0.3, -0.25) is 29.3 Å². The summed E-state index contributed by atoms with van der Waals surface area (Å²) in [6.45, 7) is 19.9. The molecule has 27 heteroatoms. The van der Waals surface area contributed by atoms with E-state index in [-0.39, 0.29) is 38.8 Å². The summed E-state index contributed by atoms with van der Waals surface area (Å²) in [6.07, 6.45) is 11.3. The lowest BCUT2D eigenvalue weighted by molar-refractivity contribution is 0.381. The summed E-state index contributed by atoms with van der Waals surface area (Å²) in [7, 11) is 12.9. The Labute approximate surface area is 595 Å². The average molecular weight is 1390 g/mol. The van der Waals surface area contributed by atoms with Gasteiger partial charge in [0.15, 0.2) is 0 Å². The highest BCUT2D eigenvalue weighted by molar-refractivity contribution is 5.69. The topological polar surface area (TPSA) is 318 Å². The molecule has 1 atom stereocenters. The molecule has 0 saturated heterocycles. The van der Waals surface area contributed by atoms with Crippen LogP contribution < -0.4 is 42.1 Å². The highest BCUT2D eigenvalue weighted by Gasteiger charge is 2.23. The molecular weight excluding hydrogens is 1290 g/mol. The van der Waals surface area contributed by atoms with Crippen molar-refractivity contribution in [1.29, 1.82) is 0 Å². The Hall–Kier alpha value is -11.4. The third-order valence-corrected chi connectivity index (χ3v) is 16.6. The van der Waals surface area contributed by atoms with Crippen molar-refractivity contribution in [3.8, 4) is 114 Å². The van der Waals surface area contributed by atoms with Crippen molar-refractivity contribution in [1.82, 2.24) is 95.0 Å². The lowest BCUT2D eigenvalue weighted by Crippen LogP contribution is -2.25. The number of aryl methyl sites for hydroxylation is 4. The Kier molecular flexibility index (Phi) is 24.2. The molecule has 3 N–H and O–H groups in total. The van der Waals surface area contributed by atoms with E-state index in [1.165, 1.54) is 5.56 Å². The summed E-state index contributed by atoms with van der Waals surface area (Å²) in [5, 5.41) is 34.8. The maximum atomic E-state index is 12.3. The number of ether oxygens (including phenoxy) is 2. The van der Waals surface area contributed by atoms with E-state index in [0.717, 1.165) is 71.5 Å². The van der Waals surface area contributed by atoms with Gasteiger partial charge >= 0.3 is 0 Å². The smallest absolute Gasteiger partial charge is 0.268 e. The molecule has 9 heterocycles. The first kappa shape index (κ1) is 73.3. The second-order valence-electron chi connectivity index (χ2n) is 25.1. The maximum Gasteiger partial charge on any atom is 0.268 e. The van der Waals surface area contributed by atoms with E-state index in [1.54, 1.807) is 82.9 Å². The molecule has 0 radical (unpaired) electrons. The van der Waals surface area contributed by atoms with Gasteiger partial charge in [0.05, 0.1) is 78.1 Å². The van der Waals surface area contributed by atoms with Gasteiger partial charge in [0, 0.05) is 109 Å². The molecule has 9 aromatic heterocycles. The van der Waals surface area contributed by atoms with E-state index in [2.05, 4.69) is 81.4 Å². The fourth-order valence-corrected chi connectivity index (χ4v) is 11.0. The average Bonchev–Trinajstić information content (AvgIpc) is 1.77. The predicted octanol–water partition coefficient (Wildman–Crippen LogP) is 11.4. The molecule has 102 heavy (non-hydrogen) atoms. The van der Waals surface area contributed by atoms with Gasteiger partial charge < -0.3 is 57.3 Å². The van der Waals surface area contributed by atoms with Crippen molar-refractivity contribution in [2.75, 3.05) is 56.0 Å². The van der Waals surface area contributed by atoms with E-state index >= 15 is 0 Å². The van der Waals surface area contributed by atoms with Crippen molar-refractivity contribution < 1.29 is 27.0 Å². The fourth-order valence-electron chi connectivity index (χ4n) is 11.0. The van der Waals surface area contributed by atoms with Crippen LogP contribution in [0, 0.1) is 33.6 Å². The number of hydrogen-bond acceptors (Lipinski definition) is 24. The summed E-state index contributed by atoms with van der Waals surface area (Å²) < 4.78 is 34.2. The normalized spacial score (nSPS) is 11.5. The zero-order valence-corrected chi connectivity index (χ0v) is 60.2. The highest BCUT2D eigenvalue weighted by Crippen LogP contribution is 2.36. The first-order chi connectivity index (χ1) is 49.2. The molecular formula is C75H91N19O8. The highest BCUT2D eigenvalue weighted by atomic mass is 16.5. The molecule has 0 saturated carbocycles. The number of rotatable bonds is 24. The molecule has 3 aromatic carbocycles. The summed E-state index contributed by atoms with van der Waals surface area (Å²) in [4.78, 5) is 66.5. The van der Waals surface area contributed by atoms with Crippen LogP contribution in [0.4, 0.5) is 0 Å². The number of methoxy groups -OCH3 is 2. The molecule has 0 amide bonds. The molecule has 12 rings (SSSR count). The molecule has 1 unspecified atom stereocenters. The maximum absolute atomic E-state index is 12.3. The largest absolute Gasteiger partial charge is 0.496 e. The summed E-state index contributed by atoms with van der Waals surface area (Å²) in [6, 6.07) is 27.8. The van der Waals surface area contributed by atoms with E-state index in [4.69, 9.17) is 37.7 Å². The summed E-state index contributed by atoms with van der Waals surface area (Å²) in [5.41, 5.74) is 14.3. The number of pyridine rings is 3. The van der Waals surface area contributed by atoms with Crippen LogP contribution in [0.1, 0.15) is 83.8 Å². The van der Waals surface area contributed by atoms with Gasteiger partial charge in [0.1, 0.15) is 28.6 Å². The van der Waals surface area contributed by atoms with Crippen LogP contribution >= 0.6 is 0 Å². The van der Waals surface area contributed by atoms with Crippen LogP contribution in [-0.2, 0) is 32.7 Å². The van der Waals surface area contributed by atoms with Crippen molar-refractivity contribution >= 4 is 0 Å². The first-order valence-corrected chi connectivity index (χ1v) is 33.4. The minimum absolute atomic E-state index is 0. The summed E-state index contributed by atoms with van der Waals surface area (Å²) in [5.74, 6) is 3.57. The van der Waals surface area contributed by atoms with E-state index in [9.17, 15) is 14.4 Å². The van der Waals surface area contributed by atoms with E-state index in [1.807, 2.05) is 149 Å². The molecule has 0 spiro atoms. The van der Waals surface area contributed by atoms with Crippen LogP contribution in [-0.4, -0.2) is 135 Å². The van der Waals surface area contributed by atoms with Gasteiger partial charge in [-0.2, -0.15) is 0 Å². The monoisotopic (exact) mass is 1390 g/mol. The minimum atomic E-state index is -0.0523. The standard InChI is InChI=1S/C25H29N7O2.2C25H28N6O3.3H2/c1-16-12-18(13-26-3)6-8-20(16)24-29-30-25(34-24)23-17(2)27-14-21(28-23)19-7-9-22(33)32(15-19)11-10-31(4)5;1-15(2)13-31-14-18(7-9-22(31)32)20-12-27-16(3)23(28-20)25-30-29-24(34-25)19-8-6-17(11-26-4)10-21(19)33-5;1-6-15(2)31-14-18(8-10-22(31)32)20-13-27-16(3)23(28-20)25-30-29-24(34-25)19-9-7-17(12-26-4)11-21(19)33-5;;;/h6-9,12,14-15,26H,10-11,13H2,1-5H3;6-10,12,14-15,26H,11,13H2,1-5H3;7-11,13-15,26H,6,12H2,1-5H3;3*1H. The molecule has 0 aliphatic carbocycles.